The van der Waals surface area contributed by atoms with Crippen LogP contribution < -0.4 is 15.4 Å². The molecule has 0 unspecified atom stereocenters. The van der Waals surface area contributed by atoms with E-state index < -0.39 is 29.4 Å². The molecule has 9 heteroatoms. The number of nitrogens with one attached hydrogen (secondary N) is 2. The average Bonchev–Trinajstić information content (AvgIpc) is 2.63. The minimum Gasteiger partial charge on any atom is -0.492 e. The molecule has 0 atom stereocenters. The van der Waals surface area contributed by atoms with Crippen molar-refractivity contribution >= 4 is 11.8 Å². The predicted octanol–water partition coefficient (Wildman–Crippen LogP) is 2.77. The molecule has 0 radical (unpaired) electrons. The van der Waals surface area contributed by atoms with Gasteiger partial charge < -0.3 is 15.4 Å². The van der Waals surface area contributed by atoms with E-state index in [1.54, 1.807) is 0 Å². The maximum absolute atomic E-state index is 12.8. The van der Waals surface area contributed by atoms with E-state index in [0.29, 0.717) is 0 Å². The number of benzene rings is 2. The number of carbonyl (C=O) groups is 2. The quantitative estimate of drug-likeness (QED) is 0.570. The Morgan fingerprint density at radius 3 is 2.15 bits per heavy atom. The summed E-state index contributed by atoms with van der Waals surface area (Å²) in [5.74, 6) is -1.23. The highest BCUT2D eigenvalue weighted by Crippen LogP contribution is 2.30. The number of rotatable bonds is 7. The largest absolute Gasteiger partial charge is 0.492 e. The minimum absolute atomic E-state index is 0.0447. The van der Waals surface area contributed by atoms with E-state index in [1.807, 2.05) is 0 Å². The van der Waals surface area contributed by atoms with E-state index >= 15 is 0 Å². The van der Waals surface area contributed by atoms with Crippen molar-refractivity contribution in [1.29, 1.82) is 0 Å². The fourth-order valence-corrected chi connectivity index (χ4v) is 2.03. The first kappa shape index (κ1) is 20.2. The molecule has 0 aliphatic rings. The standard InChI is InChI=1S/C18H16F4N2O3/c19-14-5-1-12(2-6-14)17(26)24-11-16(25)23-9-10-27-15-7-3-13(4-8-15)18(20,21)22/h1-8H,9-11H2,(H,23,25)(H,24,26). The minimum atomic E-state index is -4.41. The van der Waals surface area contributed by atoms with Gasteiger partial charge >= 0.3 is 6.18 Å². The highest BCUT2D eigenvalue weighted by molar-refractivity contribution is 5.96. The van der Waals surface area contributed by atoms with Gasteiger partial charge in [0, 0.05) is 5.56 Å². The van der Waals surface area contributed by atoms with Gasteiger partial charge in [-0.2, -0.15) is 13.2 Å². The molecule has 2 aromatic carbocycles. The molecule has 0 aliphatic carbocycles. The molecule has 0 aliphatic heterocycles. The van der Waals surface area contributed by atoms with Crippen LogP contribution in [0.1, 0.15) is 15.9 Å². The fourth-order valence-electron chi connectivity index (χ4n) is 2.03. The Balaban J connectivity index is 1.66. The second-order valence-corrected chi connectivity index (χ2v) is 5.41. The Morgan fingerprint density at radius 1 is 0.926 bits per heavy atom. The molecule has 0 fully saturated rings. The third-order valence-corrected chi connectivity index (χ3v) is 3.39. The van der Waals surface area contributed by atoms with Crippen LogP contribution >= 0.6 is 0 Å². The zero-order valence-electron chi connectivity index (χ0n) is 14.0. The monoisotopic (exact) mass is 384 g/mol. The van der Waals surface area contributed by atoms with Gasteiger partial charge in [0.05, 0.1) is 18.7 Å². The molecule has 0 bridgehead atoms. The third kappa shape index (κ3) is 6.61. The lowest BCUT2D eigenvalue weighted by atomic mass is 10.2. The van der Waals surface area contributed by atoms with Gasteiger partial charge in [0.15, 0.2) is 0 Å². The number of hydrogen-bond donors (Lipinski definition) is 2. The third-order valence-electron chi connectivity index (χ3n) is 3.39. The lowest BCUT2D eigenvalue weighted by Gasteiger charge is -2.10. The van der Waals surface area contributed by atoms with Crippen LogP contribution in [0.3, 0.4) is 0 Å². The zero-order chi connectivity index (χ0) is 19.9. The maximum atomic E-state index is 12.8. The summed E-state index contributed by atoms with van der Waals surface area (Å²) >= 11 is 0. The van der Waals surface area contributed by atoms with E-state index in [0.717, 1.165) is 24.3 Å². The molecule has 2 aromatic rings. The first-order valence-corrected chi connectivity index (χ1v) is 7.86. The van der Waals surface area contributed by atoms with Gasteiger partial charge in [-0.25, -0.2) is 4.39 Å². The Kier molecular flexibility index (Phi) is 6.75. The van der Waals surface area contributed by atoms with Crippen LogP contribution in [-0.2, 0) is 11.0 Å². The van der Waals surface area contributed by atoms with Crippen LogP contribution in [0.25, 0.3) is 0 Å². The number of ether oxygens (including phenoxy) is 1. The first-order chi connectivity index (χ1) is 12.8. The molecule has 2 rings (SSSR count). The lowest BCUT2D eigenvalue weighted by molar-refractivity contribution is -0.137. The topological polar surface area (TPSA) is 67.4 Å². The molecule has 0 aromatic heterocycles. The smallest absolute Gasteiger partial charge is 0.416 e. The summed E-state index contributed by atoms with van der Waals surface area (Å²) in [6.45, 7) is -0.133. The molecular weight excluding hydrogens is 368 g/mol. The van der Waals surface area contributed by atoms with E-state index in [-0.39, 0.29) is 31.0 Å². The summed E-state index contributed by atoms with van der Waals surface area (Å²) < 4.78 is 55.3. The van der Waals surface area contributed by atoms with Gasteiger partial charge in [-0.1, -0.05) is 0 Å². The Morgan fingerprint density at radius 2 is 1.56 bits per heavy atom. The predicted molar refractivity (Wildman–Crippen MR) is 88.7 cm³/mol. The highest BCUT2D eigenvalue weighted by atomic mass is 19.4. The van der Waals surface area contributed by atoms with Crippen molar-refractivity contribution in [3.63, 3.8) is 0 Å². The normalized spacial score (nSPS) is 11.0. The summed E-state index contributed by atoms with van der Waals surface area (Å²) in [5.41, 5.74) is -0.560. The Hall–Kier alpha value is -3.10. The van der Waals surface area contributed by atoms with Gasteiger partial charge in [-0.15, -0.1) is 0 Å². The summed E-state index contributed by atoms with van der Waals surface area (Å²) in [6.07, 6.45) is -4.41. The van der Waals surface area contributed by atoms with Crippen LogP contribution in [-0.4, -0.2) is 31.5 Å². The summed E-state index contributed by atoms with van der Waals surface area (Å²) in [7, 11) is 0. The van der Waals surface area contributed by atoms with Crippen molar-refractivity contribution < 1.29 is 31.9 Å². The fraction of sp³-hybridized carbons (Fsp3) is 0.222. The molecule has 2 amide bonds. The van der Waals surface area contributed by atoms with Gasteiger partial charge in [0.1, 0.15) is 18.2 Å². The number of hydrogen-bond acceptors (Lipinski definition) is 3. The molecule has 0 saturated carbocycles. The van der Waals surface area contributed by atoms with Crippen molar-refractivity contribution in [1.82, 2.24) is 10.6 Å². The van der Waals surface area contributed by atoms with Crippen molar-refractivity contribution in [2.24, 2.45) is 0 Å². The number of halogens is 4. The van der Waals surface area contributed by atoms with Crippen LogP contribution in [0.15, 0.2) is 48.5 Å². The van der Waals surface area contributed by atoms with Gasteiger partial charge in [-0.3, -0.25) is 9.59 Å². The second kappa shape index (κ2) is 9.02. The Bertz CT molecular complexity index is 775. The van der Waals surface area contributed by atoms with E-state index in [2.05, 4.69) is 10.6 Å². The molecular formula is C18H16F4N2O3. The maximum Gasteiger partial charge on any atom is 0.416 e. The summed E-state index contributed by atoms with van der Waals surface area (Å²) in [6, 6.07) is 9.03. The summed E-state index contributed by atoms with van der Waals surface area (Å²) in [5, 5.41) is 4.86. The van der Waals surface area contributed by atoms with Crippen molar-refractivity contribution in [3.8, 4) is 5.75 Å². The van der Waals surface area contributed by atoms with Gasteiger partial charge in [0.2, 0.25) is 5.91 Å². The van der Waals surface area contributed by atoms with Crippen molar-refractivity contribution in [2.75, 3.05) is 19.7 Å². The molecule has 5 nitrogen and oxygen atoms in total. The number of alkyl halides is 3. The van der Waals surface area contributed by atoms with Crippen LogP contribution in [0.5, 0.6) is 5.75 Å². The lowest BCUT2D eigenvalue weighted by Crippen LogP contribution is -2.38. The number of amides is 2. The Labute approximate surface area is 152 Å². The van der Waals surface area contributed by atoms with Crippen LogP contribution in [0.2, 0.25) is 0 Å². The van der Waals surface area contributed by atoms with Gasteiger partial charge in [-0.05, 0) is 48.5 Å². The van der Waals surface area contributed by atoms with Crippen molar-refractivity contribution in [2.45, 2.75) is 6.18 Å². The van der Waals surface area contributed by atoms with Crippen molar-refractivity contribution in [3.05, 3.63) is 65.5 Å². The first-order valence-electron chi connectivity index (χ1n) is 7.86. The van der Waals surface area contributed by atoms with Crippen LogP contribution in [0, 0.1) is 5.82 Å². The SMILES string of the molecule is O=C(CNC(=O)c1ccc(F)cc1)NCCOc1ccc(C(F)(F)F)cc1. The molecule has 27 heavy (non-hydrogen) atoms. The number of carbonyl (C=O) groups excluding carboxylic acids is 2. The highest BCUT2D eigenvalue weighted by Gasteiger charge is 2.29. The molecule has 0 saturated heterocycles. The van der Waals surface area contributed by atoms with E-state index in [4.69, 9.17) is 4.74 Å². The van der Waals surface area contributed by atoms with Crippen LogP contribution in [0.4, 0.5) is 17.6 Å². The average molecular weight is 384 g/mol. The summed E-state index contributed by atoms with van der Waals surface area (Å²) in [4.78, 5) is 23.4. The molecule has 144 valence electrons. The molecule has 0 heterocycles. The van der Waals surface area contributed by atoms with Gasteiger partial charge in [0.25, 0.3) is 5.91 Å². The molecule has 2 N–H and O–H groups in total. The van der Waals surface area contributed by atoms with E-state index in [1.165, 1.54) is 24.3 Å². The zero-order valence-corrected chi connectivity index (χ0v) is 14.0. The second-order valence-electron chi connectivity index (χ2n) is 5.41. The molecule has 0 spiro atoms. The van der Waals surface area contributed by atoms with E-state index in [9.17, 15) is 27.2 Å².